The molecule has 0 saturated heterocycles. The van der Waals surface area contributed by atoms with Crippen molar-refractivity contribution in [3.63, 3.8) is 0 Å². The van der Waals surface area contributed by atoms with Gasteiger partial charge in [0.05, 0.1) is 56.4 Å². The second kappa shape index (κ2) is 10.5. The van der Waals surface area contributed by atoms with Gasteiger partial charge >= 0.3 is 7.25 Å². The van der Waals surface area contributed by atoms with Crippen molar-refractivity contribution in [2.75, 3.05) is 56.4 Å². The summed E-state index contributed by atoms with van der Waals surface area (Å²) in [4.78, 5) is 0. The highest BCUT2D eigenvalue weighted by Gasteiger charge is 2.20. The smallest absolute Gasteiger partial charge is 0.418 e. The van der Waals surface area contributed by atoms with E-state index in [1.54, 1.807) is 0 Å². The van der Waals surface area contributed by atoms with E-state index in [1.807, 2.05) is 0 Å². The molecule has 0 spiro atoms. The van der Waals surface area contributed by atoms with Crippen LogP contribution >= 0.6 is 0 Å². The average Bonchev–Trinajstić information content (AvgIpc) is 1.62. The predicted octanol–water partition coefficient (Wildman–Crippen LogP) is -2.81. The Bertz CT molecular complexity index is 154. The van der Waals surface area contributed by atoms with E-state index < -0.39 is 17.5 Å². The first-order valence-electron chi connectivity index (χ1n) is 5.07. The fraction of sp³-hybridized carbons (Fsp3) is 1.00. The van der Waals surface area contributed by atoms with Crippen LogP contribution < -0.4 is 18.6 Å². The van der Waals surface area contributed by atoms with E-state index in [9.17, 15) is 17.3 Å². The Balaban J connectivity index is -0.0000000853. The first-order valence-corrected chi connectivity index (χ1v) is 6.30. The number of nitrogens with zero attached hydrogens (tertiary/aromatic N) is 2. The second-order valence-electron chi connectivity index (χ2n) is 6.24. The Morgan fingerprint density at radius 1 is 0.600 bits per heavy atom. The maximum Gasteiger partial charge on any atom is 0.673 e. The Morgan fingerprint density at radius 3 is 0.600 bits per heavy atom. The van der Waals surface area contributed by atoms with Gasteiger partial charge in [-0.3, -0.25) is 0 Å². The van der Waals surface area contributed by atoms with Crippen LogP contribution in [0.25, 0.3) is 0 Å². The van der Waals surface area contributed by atoms with Crippen molar-refractivity contribution in [3.8, 4) is 0 Å². The lowest BCUT2D eigenvalue weighted by atomic mass is 10.3. The van der Waals surface area contributed by atoms with Crippen LogP contribution in [0.4, 0.5) is 17.3 Å². The van der Waals surface area contributed by atoms with E-state index in [1.165, 1.54) is 0 Å². The molecule has 0 amide bonds. The monoisotopic (exact) mass is 334 g/mol. The third kappa shape index (κ3) is 186000. The van der Waals surface area contributed by atoms with Crippen LogP contribution in [-0.2, 0) is 0 Å². The molecular weight excluding hydrogens is 310 g/mol. The van der Waals surface area contributed by atoms with Gasteiger partial charge in [0.1, 0.15) is 0 Å². The minimum Gasteiger partial charge on any atom is -0.418 e. The molecule has 0 aromatic rings. The molecule has 0 aliphatic rings. The van der Waals surface area contributed by atoms with Gasteiger partial charge in [-0.15, -0.1) is 10.2 Å². The van der Waals surface area contributed by atoms with Crippen LogP contribution in [0.1, 0.15) is 0 Å². The average molecular weight is 335 g/mol. The lowest BCUT2D eigenvalue weighted by Crippen LogP contribution is -2.68. The number of quaternary nitrogens is 2. The van der Waals surface area contributed by atoms with Gasteiger partial charge in [-0.2, -0.15) is 0 Å². The summed E-state index contributed by atoms with van der Waals surface area (Å²) >= 11 is 0. The summed E-state index contributed by atoms with van der Waals surface area (Å²) in [6.45, 7) is 0. The highest BCUT2D eigenvalue weighted by molar-refractivity contribution is 6.50. The fourth-order valence-corrected chi connectivity index (χ4v) is 0. The Kier molecular flexibility index (Phi) is 14.8. The van der Waals surface area contributed by atoms with Crippen LogP contribution in [0, 0.1) is 10.2 Å². The number of halogens is 5. The molecule has 128 valence electrons. The molecule has 0 saturated carbocycles. The van der Waals surface area contributed by atoms with Gasteiger partial charge in [0, 0.05) is 0 Å². The molecule has 0 unspecified atom stereocenters. The third-order valence-electron chi connectivity index (χ3n) is 0. The third-order valence-corrected chi connectivity index (χ3v) is 0. The SMILES string of the molecule is C[N+](C)(C)C.C[N+](C)(C)C.F[B-](F)(F)F.[O-][Cl+3]([O-])([O-])[O-]. The first-order chi connectivity index (χ1) is 8.00. The Morgan fingerprint density at radius 2 is 0.600 bits per heavy atom. The zero-order chi connectivity index (χ0) is 18.0. The molecule has 0 aliphatic carbocycles. The number of hydrogen-bond acceptors (Lipinski definition) is 4. The topological polar surface area (TPSA) is 92.2 Å². The van der Waals surface area contributed by atoms with Crippen LogP contribution in [-0.4, -0.2) is 72.6 Å². The molecule has 0 radical (unpaired) electrons. The summed E-state index contributed by atoms with van der Waals surface area (Å²) < 4.78 is 75.0. The van der Waals surface area contributed by atoms with Crippen molar-refractivity contribution in [2.45, 2.75) is 0 Å². The summed E-state index contributed by atoms with van der Waals surface area (Å²) in [5.74, 6) is 0. The molecule has 0 atom stereocenters. The normalized spacial score (nSPS) is 12.0. The molecule has 20 heavy (non-hydrogen) atoms. The molecule has 0 aromatic carbocycles. The van der Waals surface area contributed by atoms with Gasteiger partial charge in [-0.25, -0.2) is 18.6 Å². The lowest BCUT2D eigenvalue weighted by molar-refractivity contribution is -2.00. The van der Waals surface area contributed by atoms with Crippen molar-refractivity contribution < 1.29 is 55.1 Å². The molecule has 0 fully saturated rings. The van der Waals surface area contributed by atoms with Gasteiger partial charge in [0.15, 0.2) is 0 Å². The quantitative estimate of drug-likeness (QED) is 0.272. The predicted molar refractivity (Wildman–Crippen MR) is 58.1 cm³/mol. The van der Waals surface area contributed by atoms with Gasteiger partial charge < -0.3 is 26.2 Å². The van der Waals surface area contributed by atoms with E-state index in [-0.39, 0.29) is 0 Å². The highest BCUT2D eigenvalue weighted by atomic mass is 35.7. The molecule has 12 heteroatoms. The molecular formula is C8H24BClF4N2O4. The van der Waals surface area contributed by atoms with E-state index in [0.717, 1.165) is 8.97 Å². The molecule has 0 bridgehead atoms. The molecule has 0 aromatic heterocycles. The first kappa shape index (κ1) is 28.1. The van der Waals surface area contributed by atoms with Gasteiger partial charge in [-0.1, -0.05) is 0 Å². The van der Waals surface area contributed by atoms with Gasteiger partial charge in [0.2, 0.25) is 0 Å². The largest absolute Gasteiger partial charge is 0.673 e. The Hall–Kier alpha value is -0.165. The zero-order valence-corrected chi connectivity index (χ0v) is 13.8. The Labute approximate surface area is 119 Å². The van der Waals surface area contributed by atoms with Crippen molar-refractivity contribution in [1.29, 1.82) is 0 Å². The molecule has 0 aliphatic heterocycles. The van der Waals surface area contributed by atoms with Crippen LogP contribution in [0.5, 0.6) is 0 Å². The molecule has 0 heterocycles. The van der Waals surface area contributed by atoms with Crippen LogP contribution in [0.15, 0.2) is 0 Å². The molecule has 0 rings (SSSR count). The van der Waals surface area contributed by atoms with Crippen LogP contribution in [0.3, 0.4) is 0 Å². The highest BCUT2D eigenvalue weighted by Crippen LogP contribution is 2.06. The van der Waals surface area contributed by atoms with E-state index in [0.29, 0.717) is 0 Å². The molecule has 0 N–H and O–H groups in total. The number of rotatable bonds is 0. The number of hydrogen-bond donors (Lipinski definition) is 0. The summed E-state index contributed by atoms with van der Waals surface area (Å²) in [5.41, 5.74) is 0. The van der Waals surface area contributed by atoms with E-state index in [2.05, 4.69) is 56.4 Å². The van der Waals surface area contributed by atoms with E-state index in [4.69, 9.17) is 18.6 Å². The summed E-state index contributed by atoms with van der Waals surface area (Å²) in [6, 6.07) is 0. The van der Waals surface area contributed by atoms with Gasteiger partial charge in [0.25, 0.3) is 0 Å². The summed E-state index contributed by atoms with van der Waals surface area (Å²) in [7, 11) is 6.06. The lowest BCUT2D eigenvalue weighted by Gasteiger charge is -2.17. The van der Waals surface area contributed by atoms with Crippen molar-refractivity contribution in [1.82, 2.24) is 0 Å². The summed E-state index contributed by atoms with van der Waals surface area (Å²) in [5, 5.41) is 0. The maximum absolute atomic E-state index is 9.75. The van der Waals surface area contributed by atoms with Gasteiger partial charge in [-0.05, 0) is 0 Å². The van der Waals surface area contributed by atoms with Crippen LogP contribution in [0.2, 0.25) is 0 Å². The summed E-state index contributed by atoms with van der Waals surface area (Å²) in [6.07, 6.45) is 0. The minimum atomic E-state index is -6.00. The standard InChI is InChI=1S/2C4H12N.BF4.ClHO4/c2*1-5(2,3)4;2*2-1(3,4)5/h2*1-4H3;;(H,2,3,4,5)/q2*+1;-1;/p-1. The van der Waals surface area contributed by atoms with Crippen molar-refractivity contribution in [3.05, 3.63) is 0 Å². The molecule has 6 nitrogen and oxygen atoms in total. The van der Waals surface area contributed by atoms with Crippen molar-refractivity contribution in [2.24, 2.45) is 0 Å². The van der Waals surface area contributed by atoms with E-state index >= 15 is 0 Å². The minimum absolute atomic E-state index is 1.00. The second-order valence-corrected chi connectivity index (χ2v) is 7.00. The van der Waals surface area contributed by atoms with Crippen molar-refractivity contribution >= 4 is 7.25 Å². The zero-order valence-electron chi connectivity index (χ0n) is 13.0. The fourth-order valence-electron chi connectivity index (χ4n) is 0. The maximum atomic E-state index is 9.75.